The molecule has 0 aromatic rings. The largest absolute Gasteiger partial charge is 0.436 e. The first-order chi connectivity index (χ1) is 5.52. The average Bonchev–Trinajstić information content (AvgIpc) is 2.16. The van der Waals surface area contributed by atoms with Gasteiger partial charge >= 0.3 is 6.09 Å². The van der Waals surface area contributed by atoms with Crippen LogP contribution in [-0.4, -0.2) is 24.1 Å². The van der Waals surface area contributed by atoms with Crippen LogP contribution in [0.2, 0.25) is 0 Å². The third-order valence-corrected chi connectivity index (χ3v) is 2.14. The molecule has 0 unspecified atom stereocenters. The minimum absolute atomic E-state index is 0.0231. The molecule has 68 valence electrons. The van der Waals surface area contributed by atoms with Crippen molar-refractivity contribution >= 4 is 12.0 Å². The van der Waals surface area contributed by atoms with E-state index in [9.17, 15) is 9.59 Å². The van der Waals surface area contributed by atoms with Gasteiger partial charge in [0, 0.05) is 12.0 Å². The maximum atomic E-state index is 11.1. The Morgan fingerprint density at radius 2 is 2.17 bits per heavy atom. The van der Waals surface area contributed by atoms with Gasteiger partial charge in [-0.25, -0.2) is 4.79 Å². The van der Waals surface area contributed by atoms with Gasteiger partial charge in [0.05, 0.1) is 0 Å². The van der Waals surface area contributed by atoms with Crippen molar-refractivity contribution in [1.29, 1.82) is 0 Å². The molecule has 0 aromatic carbocycles. The number of rotatable bonds is 1. The minimum Gasteiger partial charge on any atom is -0.436 e. The summed E-state index contributed by atoms with van der Waals surface area (Å²) < 4.78 is 4.63. The van der Waals surface area contributed by atoms with E-state index in [0.717, 1.165) is 0 Å². The lowest BCUT2D eigenvalue weighted by molar-refractivity contribution is -0.127. The summed E-state index contributed by atoms with van der Waals surface area (Å²) >= 11 is 0. The van der Waals surface area contributed by atoms with Crippen molar-refractivity contribution in [3.63, 3.8) is 0 Å². The van der Waals surface area contributed by atoms with Crippen LogP contribution in [0.25, 0.3) is 0 Å². The Hall–Kier alpha value is -1.26. The van der Waals surface area contributed by atoms with Crippen LogP contribution in [0.1, 0.15) is 13.8 Å². The van der Waals surface area contributed by atoms with Gasteiger partial charge in [-0.15, -0.1) is 0 Å². The smallest absolute Gasteiger partial charge is 0.405 e. The van der Waals surface area contributed by atoms with Gasteiger partial charge in [-0.2, -0.15) is 0 Å². The topological polar surface area (TPSA) is 81.4 Å². The molecule has 2 amide bonds. The van der Waals surface area contributed by atoms with E-state index in [1.54, 1.807) is 0 Å². The predicted octanol–water partition coefficient (Wildman–Crippen LogP) is -0.395. The van der Waals surface area contributed by atoms with E-state index in [2.05, 4.69) is 10.1 Å². The van der Waals surface area contributed by atoms with Crippen molar-refractivity contribution in [2.45, 2.75) is 26.0 Å². The standard InChI is InChI=1S/C7H12N2O3/c1-3-4(2)9-6(10)5(3)12-7(8)11/h3-5H,1-2H3,(H2,8,11)(H,9,10)/t3-,4-,5-/m1/s1. The molecule has 1 rings (SSSR count). The van der Waals surface area contributed by atoms with Gasteiger partial charge in [0.15, 0.2) is 6.10 Å². The molecular weight excluding hydrogens is 160 g/mol. The molecule has 1 fully saturated rings. The Labute approximate surface area is 70.2 Å². The maximum Gasteiger partial charge on any atom is 0.405 e. The highest BCUT2D eigenvalue weighted by Crippen LogP contribution is 2.18. The molecular formula is C7H12N2O3. The lowest BCUT2D eigenvalue weighted by Gasteiger charge is -2.13. The van der Waals surface area contributed by atoms with Crippen LogP contribution < -0.4 is 11.1 Å². The molecule has 0 saturated carbocycles. The van der Waals surface area contributed by atoms with E-state index in [0.29, 0.717) is 0 Å². The second-order valence-corrected chi connectivity index (χ2v) is 3.01. The molecule has 0 aliphatic carbocycles. The molecule has 0 bridgehead atoms. The zero-order chi connectivity index (χ0) is 9.30. The summed E-state index contributed by atoms with van der Waals surface area (Å²) in [5.41, 5.74) is 4.80. The van der Waals surface area contributed by atoms with Crippen molar-refractivity contribution < 1.29 is 14.3 Å². The molecule has 0 radical (unpaired) electrons. The fraction of sp³-hybridized carbons (Fsp3) is 0.714. The highest BCUT2D eigenvalue weighted by atomic mass is 16.6. The van der Waals surface area contributed by atoms with E-state index >= 15 is 0 Å². The number of ether oxygens (including phenoxy) is 1. The molecule has 1 aliphatic heterocycles. The SMILES string of the molecule is C[C@@H]1[C@@H](C)NC(=O)[C@@H]1OC(N)=O. The maximum absolute atomic E-state index is 11.1. The van der Waals surface area contributed by atoms with E-state index < -0.39 is 12.2 Å². The molecule has 3 atom stereocenters. The second-order valence-electron chi connectivity index (χ2n) is 3.01. The molecule has 0 aromatic heterocycles. The summed E-state index contributed by atoms with van der Waals surface area (Å²) in [6, 6.07) is 0.0295. The zero-order valence-corrected chi connectivity index (χ0v) is 7.03. The van der Waals surface area contributed by atoms with Crippen molar-refractivity contribution in [3.05, 3.63) is 0 Å². The number of nitrogens with one attached hydrogen (secondary N) is 1. The summed E-state index contributed by atoms with van der Waals surface area (Å²) in [5, 5.41) is 2.65. The van der Waals surface area contributed by atoms with E-state index in [4.69, 9.17) is 5.73 Å². The minimum atomic E-state index is -0.906. The molecule has 12 heavy (non-hydrogen) atoms. The van der Waals surface area contributed by atoms with Crippen LogP contribution in [-0.2, 0) is 9.53 Å². The van der Waals surface area contributed by atoms with Crippen molar-refractivity contribution in [2.75, 3.05) is 0 Å². The van der Waals surface area contributed by atoms with Gasteiger partial charge in [0.1, 0.15) is 0 Å². The Bertz CT molecular complexity index is 217. The quantitative estimate of drug-likeness (QED) is 0.565. The highest BCUT2D eigenvalue weighted by molar-refractivity contribution is 5.85. The molecule has 1 heterocycles. The van der Waals surface area contributed by atoms with E-state index in [1.165, 1.54) is 0 Å². The van der Waals surface area contributed by atoms with Gasteiger partial charge in [0.25, 0.3) is 5.91 Å². The molecule has 1 saturated heterocycles. The number of primary amides is 1. The molecule has 5 heteroatoms. The monoisotopic (exact) mass is 172 g/mol. The normalized spacial score (nSPS) is 34.5. The van der Waals surface area contributed by atoms with Gasteiger partial charge in [-0.05, 0) is 6.92 Å². The third kappa shape index (κ3) is 1.49. The lowest BCUT2D eigenvalue weighted by Crippen LogP contribution is -2.32. The van der Waals surface area contributed by atoms with Gasteiger partial charge in [-0.3, -0.25) is 4.79 Å². The fourth-order valence-corrected chi connectivity index (χ4v) is 1.22. The van der Waals surface area contributed by atoms with E-state index in [1.807, 2.05) is 13.8 Å². The van der Waals surface area contributed by atoms with Crippen LogP contribution >= 0.6 is 0 Å². The molecule has 1 aliphatic rings. The fourth-order valence-electron chi connectivity index (χ4n) is 1.22. The lowest BCUT2D eigenvalue weighted by atomic mass is 10.0. The number of hydrogen-bond acceptors (Lipinski definition) is 3. The van der Waals surface area contributed by atoms with Crippen LogP contribution in [0.15, 0.2) is 0 Å². The van der Waals surface area contributed by atoms with Gasteiger partial charge < -0.3 is 15.8 Å². The first-order valence-corrected chi connectivity index (χ1v) is 3.79. The van der Waals surface area contributed by atoms with Crippen molar-refractivity contribution in [2.24, 2.45) is 11.7 Å². The van der Waals surface area contributed by atoms with Crippen LogP contribution in [0.3, 0.4) is 0 Å². The van der Waals surface area contributed by atoms with Crippen LogP contribution in [0, 0.1) is 5.92 Å². The van der Waals surface area contributed by atoms with E-state index in [-0.39, 0.29) is 17.9 Å². The summed E-state index contributed by atoms with van der Waals surface area (Å²) in [6.45, 7) is 3.68. The molecule has 5 nitrogen and oxygen atoms in total. The Kier molecular flexibility index (Phi) is 2.21. The average molecular weight is 172 g/mol. The van der Waals surface area contributed by atoms with Gasteiger partial charge in [0.2, 0.25) is 0 Å². The first-order valence-electron chi connectivity index (χ1n) is 3.79. The number of carbonyl (C=O) groups excluding carboxylic acids is 2. The van der Waals surface area contributed by atoms with Crippen molar-refractivity contribution in [3.8, 4) is 0 Å². The van der Waals surface area contributed by atoms with Crippen LogP contribution in [0.5, 0.6) is 0 Å². The molecule has 3 N–H and O–H groups in total. The number of amides is 2. The van der Waals surface area contributed by atoms with Crippen LogP contribution in [0.4, 0.5) is 4.79 Å². The first kappa shape index (κ1) is 8.83. The predicted molar refractivity (Wildman–Crippen MR) is 41.2 cm³/mol. The van der Waals surface area contributed by atoms with Crippen molar-refractivity contribution in [1.82, 2.24) is 5.32 Å². The third-order valence-electron chi connectivity index (χ3n) is 2.14. The summed E-state index contributed by atoms with van der Waals surface area (Å²) in [5.74, 6) is -0.293. The summed E-state index contributed by atoms with van der Waals surface area (Å²) in [4.78, 5) is 21.5. The summed E-state index contributed by atoms with van der Waals surface area (Å²) in [7, 11) is 0. The zero-order valence-electron chi connectivity index (χ0n) is 7.03. The Morgan fingerprint density at radius 1 is 1.58 bits per heavy atom. The highest BCUT2D eigenvalue weighted by Gasteiger charge is 2.39. The number of nitrogens with two attached hydrogens (primary N) is 1. The Balaban J connectivity index is 2.63. The Morgan fingerprint density at radius 3 is 2.50 bits per heavy atom. The number of carbonyl (C=O) groups is 2. The number of hydrogen-bond donors (Lipinski definition) is 2. The molecule has 0 spiro atoms. The second kappa shape index (κ2) is 3.00. The summed E-state index contributed by atoms with van der Waals surface area (Å²) in [6.07, 6.45) is -1.63. The van der Waals surface area contributed by atoms with Gasteiger partial charge in [-0.1, -0.05) is 6.92 Å².